The lowest BCUT2D eigenvalue weighted by Crippen LogP contribution is -2.35. The van der Waals surface area contributed by atoms with Crippen molar-refractivity contribution in [1.29, 1.82) is 0 Å². The lowest BCUT2D eigenvalue weighted by molar-refractivity contribution is -0.118. The Hall–Kier alpha value is -2.81. The van der Waals surface area contributed by atoms with Gasteiger partial charge < -0.3 is 10.1 Å². The van der Waals surface area contributed by atoms with Gasteiger partial charge in [-0.15, -0.1) is 22.7 Å². The first-order valence-electron chi connectivity index (χ1n) is 10.9. The number of benzene rings is 2. The molecule has 0 fully saturated rings. The van der Waals surface area contributed by atoms with Gasteiger partial charge in [-0.2, -0.15) is 0 Å². The van der Waals surface area contributed by atoms with Gasteiger partial charge >= 0.3 is 0 Å². The fraction of sp³-hybridized carbons (Fsp3) is 0.280. The molecule has 4 aromatic rings. The van der Waals surface area contributed by atoms with Crippen LogP contribution in [0, 0.1) is 5.82 Å². The van der Waals surface area contributed by atoms with E-state index in [0.29, 0.717) is 6.04 Å². The highest BCUT2D eigenvalue weighted by atomic mass is 32.1. The van der Waals surface area contributed by atoms with Gasteiger partial charge in [0.2, 0.25) is 0 Å². The van der Waals surface area contributed by atoms with Gasteiger partial charge in [-0.1, -0.05) is 24.3 Å². The highest BCUT2D eigenvalue weighted by Gasteiger charge is 2.28. The van der Waals surface area contributed by atoms with E-state index >= 15 is 0 Å². The molecule has 1 N–H and O–H groups in total. The van der Waals surface area contributed by atoms with Gasteiger partial charge in [0, 0.05) is 29.6 Å². The van der Waals surface area contributed by atoms with Gasteiger partial charge in [0.15, 0.2) is 18.2 Å². The van der Waals surface area contributed by atoms with Crippen molar-refractivity contribution in [3.05, 3.63) is 64.8 Å². The summed E-state index contributed by atoms with van der Waals surface area (Å²) in [4.78, 5) is 21.3. The van der Waals surface area contributed by atoms with E-state index in [4.69, 9.17) is 9.72 Å². The molecule has 3 heterocycles. The standard InChI is InChI=1S/C25H24FN3O2S2/c1-15(2)29-12-11-16-21(13-29)33-25(23(16)24-27-18-8-4-6-10-20(18)32-24)28-22(30)14-31-19-9-5-3-7-17(19)26/h3-10,15H,11-14H2,1-2H3,(H,28,30). The molecule has 0 unspecified atom stereocenters. The van der Waals surface area contributed by atoms with Crippen molar-refractivity contribution < 1.29 is 13.9 Å². The Balaban J connectivity index is 1.45. The Morgan fingerprint density at radius 2 is 1.97 bits per heavy atom. The zero-order chi connectivity index (χ0) is 22.9. The molecule has 1 amide bonds. The van der Waals surface area contributed by atoms with Crippen LogP contribution in [-0.4, -0.2) is 35.0 Å². The Labute approximate surface area is 199 Å². The number of ether oxygens (including phenoxy) is 1. The number of anilines is 1. The van der Waals surface area contributed by atoms with E-state index in [0.717, 1.165) is 45.3 Å². The number of nitrogens with one attached hydrogen (secondary N) is 1. The fourth-order valence-corrected chi connectivity index (χ4v) is 6.43. The van der Waals surface area contributed by atoms with E-state index in [1.165, 1.54) is 22.6 Å². The number of aromatic nitrogens is 1. The van der Waals surface area contributed by atoms with E-state index in [1.54, 1.807) is 34.8 Å². The molecule has 5 nitrogen and oxygen atoms in total. The molecule has 170 valence electrons. The number of thiazole rings is 1. The predicted molar refractivity (Wildman–Crippen MR) is 133 cm³/mol. The maximum absolute atomic E-state index is 13.8. The Morgan fingerprint density at radius 3 is 2.76 bits per heavy atom. The first-order chi connectivity index (χ1) is 16.0. The summed E-state index contributed by atoms with van der Waals surface area (Å²) >= 11 is 3.24. The van der Waals surface area contributed by atoms with Crippen molar-refractivity contribution in [3.8, 4) is 16.3 Å². The summed E-state index contributed by atoms with van der Waals surface area (Å²) in [5, 5.41) is 4.72. The maximum Gasteiger partial charge on any atom is 0.262 e. The van der Waals surface area contributed by atoms with Crippen LogP contribution in [0.4, 0.5) is 9.39 Å². The largest absolute Gasteiger partial charge is 0.481 e. The molecule has 1 aliphatic heterocycles. The van der Waals surface area contributed by atoms with Crippen LogP contribution in [0.1, 0.15) is 24.3 Å². The molecule has 0 spiro atoms. The number of rotatable bonds is 6. The molecule has 1 aliphatic rings. The number of hydrogen-bond donors (Lipinski definition) is 1. The summed E-state index contributed by atoms with van der Waals surface area (Å²) in [5.41, 5.74) is 3.23. The Morgan fingerprint density at radius 1 is 1.18 bits per heavy atom. The van der Waals surface area contributed by atoms with Gasteiger partial charge in [0.05, 0.1) is 10.2 Å². The molecule has 0 aliphatic carbocycles. The van der Waals surface area contributed by atoms with Crippen LogP contribution in [0.15, 0.2) is 48.5 Å². The number of para-hydroxylation sites is 2. The summed E-state index contributed by atoms with van der Waals surface area (Å²) in [6.07, 6.45) is 0.914. The second-order valence-corrected chi connectivity index (χ2v) is 10.4. The van der Waals surface area contributed by atoms with Crippen LogP contribution in [0.2, 0.25) is 0 Å². The molecular weight excluding hydrogens is 457 g/mol. The average molecular weight is 482 g/mol. The SMILES string of the molecule is CC(C)N1CCc2c(sc(NC(=O)COc3ccccc3F)c2-c2nc3ccccc3s2)C1. The third-order valence-electron chi connectivity index (χ3n) is 5.77. The average Bonchev–Trinajstić information content (AvgIpc) is 3.38. The quantitative estimate of drug-likeness (QED) is 0.370. The van der Waals surface area contributed by atoms with Crippen molar-refractivity contribution in [1.82, 2.24) is 9.88 Å². The summed E-state index contributed by atoms with van der Waals surface area (Å²) in [6, 6.07) is 14.6. The number of carbonyl (C=O) groups is 1. The summed E-state index contributed by atoms with van der Waals surface area (Å²) in [7, 11) is 0. The third-order valence-corrected chi connectivity index (χ3v) is 7.96. The van der Waals surface area contributed by atoms with E-state index < -0.39 is 5.82 Å². The topological polar surface area (TPSA) is 54.5 Å². The molecule has 0 saturated heterocycles. The minimum Gasteiger partial charge on any atom is -0.481 e. The lowest BCUT2D eigenvalue weighted by atomic mass is 10.0. The highest BCUT2D eigenvalue weighted by molar-refractivity contribution is 7.22. The molecule has 2 aromatic carbocycles. The molecule has 0 atom stereocenters. The van der Waals surface area contributed by atoms with Gasteiger partial charge in [-0.3, -0.25) is 9.69 Å². The highest BCUT2D eigenvalue weighted by Crippen LogP contribution is 2.45. The van der Waals surface area contributed by atoms with Crippen molar-refractivity contribution in [2.24, 2.45) is 0 Å². The van der Waals surface area contributed by atoms with Crippen LogP contribution >= 0.6 is 22.7 Å². The molecule has 8 heteroatoms. The molecule has 2 aromatic heterocycles. The van der Waals surface area contributed by atoms with Crippen molar-refractivity contribution in [2.75, 3.05) is 18.5 Å². The number of carbonyl (C=O) groups excluding carboxylic acids is 1. The van der Waals surface area contributed by atoms with Crippen LogP contribution in [0.5, 0.6) is 5.75 Å². The molecule has 0 saturated carbocycles. The molecule has 0 bridgehead atoms. The van der Waals surface area contributed by atoms with Crippen LogP contribution in [0.25, 0.3) is 20.8 Å². The number of thiophene rings is 1. The van der Waals surface area contributed by atoms with E-state index in [2.05, 4.69) is 30.1 Å². The van der Waals surface area contributed by atoms with Crippen LogP contribution in [-0.2, 0) is 17.8 Å². The van der Waals surface area contributed by atoms with E-state index in [9.17, 15) is 9.18 Å². The molecule has 0 radical (unpaired) electrons. The van der Waals surface area contributed by atoms with Gasteiger partial charge in [0.25, 0.3) is 5.91 Å². The molecule has 5 rings (SSSR count). The summed E-state index contributed by atoms with van der Waals surface area (Å²) in [5.74, 6) is -0.738. The van der Waals surface area contributed by atoms with Gasteiger partial charge in [-0.25, -0.2) is 9.37 Å². The van der Waals surface area contributed by atoms with Crippen molar-refractivity contribution in [3.63, 3.8) is 0 Å². The lowest BCUT2D eigenvalue weighted by Gasteiger charge is -2.30. The molecular formula is C25H24FN3O2S2. The number of halogens is 1. The normalized spacial score (nSPS) is 13.9. The summed E-state index contributed by atoms with van der Waals surface area (Å²) < 4.78 is 20.4. The maximum atomic E-state index is 13.8. The summed E-state index contributed by atoms with van der Waals surface area (Å²) in [6.45, 7) is 5.98. The number of nitrogens with zero attached hydrogens (tertiary/aromatic N) is 2. The first kappa shape index (κ1) is 22.0. The minimum absolute atomic E-state index is 0.0668. The minimum atomic E-state index is -0.485. The predicted octanol–water partition coefficient (Wildman–Crippen LogP) is 5.95. The Kier molecular flexibility index (Phi) is 6.14. The van der Waals surface area contributed by atoms with Gasteiger partial charge in [-0.05, 0) is 50.1 Å². The number of fused-ring (bicyclic) bond motifs is 2. The second-order valence-electron chi connectivity index (χ2n) is 8.28. The third kappa shape index (κ3) is 4.51. The number of amides is 1. The van der Waals surface area contributed by atoms with E-state index in [1.807, 2.05) is 18.2 Å². The zero-order valence-electron chi connectivity index (χ0n) is 18.4. The first-order valence-corrected chi connectivity index (χ1v) is 12.5. The Bertz CT molecular complexity index is 1280. The zero-order valence-corrected chi connectivity index (χ0v) is 20.1. The van der Waals surface area contributed by atoms with Gasteiger partial charge in [0.1, 0.15) is 10.0 Å². The van der Waals surface area contributed by atoms with Crippen molar-refractivity contribution in [2.45, 2.75) is 32.9 Å². The second kappa shape index (κ2) is 9.21. The van der Waals surface area contributed by atoms with Crippen molar-refractivity contribution >= 4 is 43.8 Å². The van der Waals surface area contributed by atoms with E-state index in [-0.39, 0.29) is 18.3 Å². The smallest absolute Gasteiger partial charge is 0.262 e. The number of hydrogen-bond acceptors (Lipinski definition) is 6. The fourth-order valence-electron chi connectivity index (χ4n) is 4.03. The van der Waals surface area contributed by atoms with Crippen LogP contribution < -0.4 is 10.1 Å². The monoisotopic (exact) mass is 481 g/mol. The van der Waals surface area contributed by atoms with Crippen LogP contribution in [0.3, 0.4) is 0 Å². The molecule has 33 heavy (non-hydrogen) atoms.